The van der Waals surface area contributed by atoms with E-state index in [1.165, 1.54) is 46.0 Å². The molecule has 3 rings (SSSR count). The molecule has 0 bridgehead atoms. The summed E-state index contributed by atoms with van der Waals surface area (Å²) in [4.78, 5) is 25.0. The van der Waals surface area contributed by atoms with E-state index in [9.17, 15) is 9.59 Å². The van der Waals surface area contributed by atoms with Gasteiger partial charge < -0.3 is 33.7 Å². The second-order valence-electron chi connectivity index (χ2n) is 5.79. The van der Waals surface area contributed by atoms with Crippen molar-refractivity contribution in [1.29, 1.82) is 0 Å². The average molecular weight is 400 g/mol. The number of hydrogen-bond donors (Lipinski definition) is 2. The zero-order chi connectivity index (χ0) is 20.8. The van der Waals surface area contributed by atoms with E-state index in [2.05, 4.69) is 10.6 Å². The monoisotopic (exact) mass is 400 g/mol. The molecule has 9 heteroatoms. The second kappa shape index (κ2) is 8.87. The maximum absolute atomic E-state index is 12.5. The third-order valence-electron chi connectivity index (χ3n) is 4.06. The Morgan fingerprint density at radius 1 is 0.828 bits per heavy atom. The number of amides is 2. The van der Waals surface area contributed by atoms with Gasteiger partial charge in [-0.2, -0.15) is 0 Å². The van der Waals surface area contributed by atoms with Gasteiger partial charge in [0.25, 0.3) is 11.8 Å². The van der Waals surface area contributed by atoms with Gasteiger partial charge in [0.05, 0.1) is 33.9 Å². The Morgan fingerprint density at radius 3 is 1.66 bits per heavy atom. The number of methoxy groups -OCH3 is 3. The molecule has 9 nitrogen and oxygen atoms in total. The quantitative estimate of drug-likeness (QED) is 0.559. The molecule has 29 heavy (non-hydrogen) atoms. The topological polar surface area (TPSA) is 112 Å². The van der Waals surface area contributed by atoms with Crippen LogP contribution in [0.3, 0.4) is 0 Å². The fourth-order valence-corrected chi connectivity index (χ4v) is 2.69. The first-order valence-electron chi connectivity index (χ1n) is 8.56. The van der Waals surface area contributed by atoms with Crippen LogP contribution in [0, 0.1) is 0 Å². The highest BCUT2D eigenvalue weighted by atomic mass is 16.5. The molecule has 152 valence electrons. The van der Waals surface area contributed by atoms with Crippen LogP contribution in [0.5, 0.6) is 17.2 Å². The van der Waals surface area contributed by atoms with Gasteiger partial charge in [0, 0.05) is 5.56 Å². The highest BCUT2D eigenvalue weighted by Crippen LogP contribution is 2.39. The number of nitrogens with one attached hydrogen (secondary N) is 2. The van der Waals surface area contributed by atoms with E-state index in [0.717, 1.165) is 0 Å². The summed E-state index contributed by atoms with van der Waals surface area (Å²) in [5.41, 5.74) is 0.485. The fourth-order valence-electron chi connectivity index (χ4n) is 2.69. The number of ether oxygens (including phenoxy) is 3. The molecular weight excluding hydrogens is 380 g/mol. The molecule has 0 spiro atoms. The van der Waals surface area contributed by atoms with Crippen LogP contribution in [0.2, 0.25) is 0 Å². The van der Waals surface area contributed by atoms with E-state index in [-0.39, 0.29) is 11.5 Å². The van der Waals surface area contributed by atoms with Crippen LogP contribution in [0.4, 0.5) is 0 Å². The minimum absolute atomic E-state index is 0.0923. The van der Waals surface area contributed by atoms with Gasteiger partial charge in [0.2, 0.25) is 5.75 Å². The molecule has 2 aromatic heterocycles. The molecule has 2 N–H and O–H groups in total. The lowest BCUT2D eigenvalue weighted by Gasteiger charge is -2.22. The van der Waals surface area contributed by atoms with Crippen molar-refractivity contribution in [1.82, 2.24) is 10.6 Å². The molecule has 3 aromatic rings. The highest BCUT2D eigenvalue weighted by Gasteiger charge is 2.24. The Balaban J connectivity index is 1.97. The average Bonchev–Trinajstić information content (AvgIpc) is 3.46. The summed E-state index contributed by atoms with van der Waals surface area (Å²) in [5, 5.41) is 5.42. The number of rotatable bonds is 8. The summed E-state index contributed by atoms with van der Waals surface area (Å²) in [6, 6.07) is 9.44. The first kappa shape index (κ1) is 19.9. The first-order chi connectivity index (χ1) is 14.1. The van der Waals surface area contributed by atoms with E-state index < -0.39 is 18.0 Å². The summed E-state index contributed by atoms with van der Waals surface area (Å²) in [5.74, 6) is 0.260. The zero-order valence-electron chi connectivity index (χ0n) is 16.1. The minimum Gasteiger partial charge on any atom is -0.493 e. The molecule has 0 saturated heterocycles. The third-order valence-corrected chi connectivity index (χ3v) is 4.06. The molecule has 0 aliphatic heterocycles. The predicted octanol–water partition coefficient (Wildman–Crippen LogP) is 2.76. The van der Waals surface area contributed by atoms with Crippen molar-refractivity contribution < 1.29 is 32.6 Å². The molecule has 0 atom stereocenters. The van der Waals surface area contributed by atoms with Crippen molar-refractivity contribution in [3.05, 3.63) is 66.0 Å². The van der Waals surface area contributed by atoms with Crippen molar-refractivity contribution in [2.75, 3.05) is 21.3 Å². The molecule has 0 unspecified atom stereocenters. The maximum atomic E-state index is 12.5. The van der Waals surface area contributed by atoms with Crippen molar-refractivity contribution in [3.8, 4) is 17.2 Å². The Labute approximate surface area is 166 Å². The van der Waals surface area contributed by atoms with E-state index in [1.54, 1.807) is 24.3 Å². The van der Waals surface area contributed by atoms with Gasteiger partial charge in [0.1, 0.15) is 6.17 Å². The predicted molar refractivity (Wildman–Crippen MR) is 101 cm³/mol. The van der Waals surface area contributed by atoms with Gasteiger partial charge in [-0.25, -0.2) is 0 Å². The van der Waals surface area contributed by atoms with Gasteiger partial charge in [0.15, 0.2) is 23.0 Å². The van der Waals surface area contributed by atoms with Gasteiger partial charge in [-0.1, -0.05) is 0 Å². The van der Waals surface area contributed by atoms with Crippen LogP contribution in [0.1, 0.15) is 32.8 Å². The molecule has 0 aliphatic rings. The molecule has 2 amide bonds. The Bertz CT molecular complexity index is 892. The molecule has 0 radical (unpaired) electrons. The summed E-state index contributed by atoms with van der Waals surface area (Å²) in [6.45, 7) is 0. The van der Waals surface area contributed by atoms with Crippen LogP contribution in [-0.2, 0) is 0 Å². The van der Waals surface area contributed by atoms with Crippen molar-refractivity contribution in [2.45, 2.75) is 6.17 Å². The molecule has 0 fully saturated rings. The van der Waals surface area contributed by atoms with E-state index in [1.807, 2.05) is 0 Å². The van der Waals surface area contributed by atoms with Crippen LogP contribution in [0.15, 0.2) is 57.8 Å². The lowest BCUT2D eigenvalue weighted by Crippen LogP contribution is -2.41. The number of hydrogen-bond acceptors (Lipinski definition) is 7. The Kier molecular flexibility index (Phi) is 6.08. The maximum Gasteiger partial charge on any atom is 0.288 e. The highest BCUT2D eigenvalue weighted by molar-refractivity contribution is 5.94. The van der Waals surface area contributed by atoms with Gasteiger partial charge in [-0.15, -0.1) is 0 Å². The largest absolute Gasteiger partial charge is 0.493 e. The van der Waals surface area contributed by atoms with Crippen molar-refractivity contribution in [3.63, 3.8) is 0 Å². The first-order valence-corrected chi connectivity index (χ1v) is 8.56. The molecular formula is C20H20N2O7. The summed E-state index contributed by atoms with van der Waals surface area (Å²) < 4.78 is 26.3. The number of carbonyl (C=O) groups excluding carboxylic acids is 2. The summed E-state index contributed by atoms with van der Waals surface area (Å²) >= 11 is 0. The van der Waals surface area contributed by atoms with E-state index in [0.29, 0.717) is 22.8 Å². The van der Waals surface area contributed by atoms with Crippen molar-refractivity contribution in [2.24, 2.45) is 0 Å². The minimum atomic E-state index is -0.945. The standard InChI is InChI=1S/C20H20N2O7/c1-25-15-10-12(11-16(26-2)17(15)27-3)18(21-19(23)13-6-4-8-28-13)22-20(24)14-7-5-9-29-14/h4-11,18H,1-3H3,(H,21,23)(H,22,24). The SMILES string of the molecule is COc1cc(C(NC(=O)c2ccco2)NC(=O)c2ccco2)cc(OC)c1OC. The number of furan rings is 2. The van der Waals surface area contributed by atoms with E-state index >= 15 is 0 Å². The molecule has 1 aromatic carbocycles. The Hall–Kier alpha value is -3.88. The molecule has 0 aliphatic carbocycles. The van der Waals surface area contributed by atoms with Gasteiger partial charge in [-0.05, 0) is 36.4 Å². The van der Waals surface area contributed by atoms with Crippen molar-refractivity contribution >= 4 is 11.8 Å². The lowest BCUT2D eigenvalue weighted by atomic mass is 10.1. The third kappa shape index (κ3) is 4.34. The van der Waals surface area contributed by atoms with Gasteiger partial charge in [-0.3, -0.25) is 9.59 Å². The second-order valence-corrected chi connectivity index (χ2v) is 5.79. The number of carbonyl (C=O) groups is 2. The molecule has 2 heterocycles. The normalized spacial score (nSPS) is 10.5. The van der Waals surface area contributed by atoms with Gasteiger partial charge >= 0.3 is 0 Å². The van der Waals surface area contributed by atoms with E-state index in [4.69, 9.17) is 23.0 Å². The Morgan fingerprint density at radius 2 is 1.31 bits per heavy atom. The van der Waals surface area contributed by atoms with Crippen LogP contribution < -0.4 is 24.8 Å². The van der Waals surface area contributed by atoms with Crippen LogP contribution >= 0.6 is 0 Å². The van der Waals surface area contributed by atoms with Crippen LogP contribution in [-0.4, -0.2) is 33.1 Å². The lowest BCUT2D eigenvalue weighted by molar-refractivity contribution is 0.0852. The smallest absolute Gasteiger partial charge is 0.288 e. The van der Waals surface area contributed by atoms with Crippen LogP contribution in [0.25, 0.3) is 0 Å². The fraction of sp³-hybridized carbons (Fsp3) is 0.200. The summed E-state index contributed by atoms with van der Waals surface area (Å²) in [6.07, 6.45) is 1.81. The number of benzene rings is 1. The zero-order valence-corrected chi connectivity index (χ0v) is 16.1. The summed E-state index contributed by atoms with van der Waals surface area (Å²) in [7, 11) is 4.42. The molecule has 0 saturated carbocycles.